The summed E-state index contributed by atoms with van der Waals surface area (Å²) in [7, 11) is 2.00. The molecule has 0 aromatic heterocycles. The van der Waals surface area contributed by atoms with E-state index in [0.717, 1.165) is 53.8 Å². The fourth-order valence-corrected chi connectivity index (χ4v) is 4.90. The Hall–Kier alpha value is -2.07. The number of nitrogens with zero attached hydrogens (tertiary/aromatic N) is 1. The van der Waals surface area contributed by atoms with Gasteiger partial charge in [0, 0.05) is 48.3 Å². The molecule has 1 aliphatic heterocycles. The van der Waals surface area contributed by atoms with Crippen molar-refractivity contribution in [3.8, 4) is 5.75 Å². The van der Waals surface area contributed by atoms with Crippen molar-refractivity contribution in [3.63, 3.8) is 0 Å². The molecule has 0 saturated carbocycles. The Labute approximate surface area is 164 Å². The van der Waals surface area contributed by atoms with Crippen LogP contribution in [0.3, 0.4) is 0 Å². The topological polar surface area (TPSA) is 46.6 Å². The van der Waals surface area contributed by atoms with E-state index in [1.165, 1.54) is 0 Å². The zero-order chi connectivity index (χ0) is 19.1. The normalized spacial score (nSPS) is 20.8. The number of ether oxygens (including phenoxy) is 1. The Bertz CT molecular complexity index is 840. The van der Waals surface area contributed by atoms with Crippen molar-refractivity contribution in [3.05, 3.63) is 51.3 Å². The molecule has 0 amide bonds. The van der Waals surface area contributed by atoms with E-state index in [-0.39, 0.29) is 17.5 Å². The van der Waals surface area contributed by atoms with Gasteiger partial charge in [-0.3, -0.25) is 9.59 Å². The molecule has 0 spiro atoms. The van der Waals surface area contributed by atoms with E-state index in [9.17, 15) is 9.59 Å². The number of carbonyl (C=O) groups is 2. The van der Waals surface area contributed by atoms with Gasteiger partial charge in [-0.2, -0.15) is 0 Å². The quantitative estimate of drug-likeness (QED) is 0.751. The monoisotopic (exact) mass is 385 g/mol. The van der Waals surface area contributed by atoms with E-state index >= 15 is 0 Å². The van der Waals surface area contributed by atoms with Gasteiger partial charge < -0.3 is 9.64 Å². The molecule has 27 heavy (non-hydrogen) atoms. The molecule has 4 rings (SSSR count). The van der Waals surface area contributed by atoms with Crippen molar-refractivity contribution in [1.82, 2.24) is 4.90 Å². The van der Waals surface area contributed by atoms with Gasteiger partial charge in [0.15, 0.2) is 11.6 Å². The van der Waals surface area contributed by atoms with E-state index in [2.05, 4.69) is 4.90 Å². The lowest BCUT2D eigenvalue weighted by molar-refractivity contribution is -0.117. The summed E-state index contributed by atoms with van der Waals surface area (Å²) in [6.45, 7) is 2.45. The first kappa shape index (κ1) is 18.3. The number of ketones is 2. The summed E-state index contributed by atoms with van der Waals surface area (Å²) in [5, 5.41) is 0.518. The van der Waals surface area contributed by atoms with Crippen LogP contribution in [0.5, 0.6) is 5.75 Å². The lowest BCUT2D eigenvalue weighted by atomic mass is 9.71. The number of allylic oxidation sites excluding steroid dienone is 4. The zero-order valence-corrected chi connectivity index (χ0v) is 16.6. The number of halogens is 1. The molecule has 1 aromatic carbocycles. The molecule has 0 saturated heterocycles. The fraction of sp³-hybridized carbons (Fsp3) is 0.455. The third-order valence-electron chi connectivity index (χ3n) is 5.83. The van der Waals surface area contributed by atoms with Gasteiger partial charge in [-0.15, -0.1) is 0 Å². The van der Waals surface area contributed by atoms with Crippen molar-refractivity contribution in [1.29, 1.82) is 0 Å². The first-order chi connectivity index (χ1) is 13.0. The van der Waals surface area contributed by atoms with Crippen LogP contribution in [0.25, 0.3) is 0 Å². The minimum absolute atomic E-state index is 0.156. The average Bonchev–Trinajstić information content (AvgIpc) is 2.65. The number of hydrogen-bond donors (Lipinski definition) is 0. The zero-order valence-electron chi connectivity index (χ0n) is 15.8. The summed E-state index contributed by atoms with van der Waals surface area (Å²) < 4.78 is 5.55. The van der Waals surface area contributed by atoms with Crippen LogP contribution in [-0.4, -0.2) is 30.1 Å². The Morgan fingerprint density at radius 3 is 2.15 bits per heavy atom. The van der Waals surface area contributed by atoms with Crippen LogP contribution in [-0.2, 0) is 9.59 Å². The van der Waals surface area contributed by atoms with Gasteiger partial charge in [0.05, 0.1) is 11.6 Å². The van der Waals surface area contributed by atoms with Gasteiger partial charge >= 0.3 is 0 Å². The average molecular weight is 386 g/mol. The largest absolute Gasteiger partial charge is 0.492 e. The van der Waals surface area contributed by atoms with Gasteiger partial charge in [-0.25, -0.2) is 0 Å². The Kier molecular flexibility index (Phi) is 4.85. The summed E-state index contributed by atoms with van der Waals surface area (Å²) in [5.74, 6) is 0.634. The lowest BCUT2D eigenvalue weighted by Crippen LogP contribution is -2.37. The molecule has 5 heteroatoms. The van der Waals surface area contributed by atoms with Crippen molar-refractivity contribution >= 4 is 23.2 Å². The molecule has 0 bridgehead atoms. The SMILES string of the molecule is CCOc1ccc(C2C3=C(CCCC3=O)N(C)C3=C2C(=O)CCC3)cc1Cl. The number of Topliss-reactive ketones (excluding diaryl/α,β-unsaturated/α-hetero) is 2. The first-order valence-electron chi connectivity index (χ1n) is 9.71. The van der Waals surface area contributed by atoms with Crippen LogP contribution in [0.2, 0.25) is 5.02 Å². The minimum atomic E-state index is -0.306. The Morgan fingerprint density at radius 2 is 1.63 bits per heavy atom. The van der Waals surface area contributed by atoms with Gasteiger partial charge in [-0.05, 0) is 50.3 Å². The highest BCUT2D eigenvalue weighted by atomic mass is 35.5. The maximum Gasteiger partial charge on any atom is 0.161 e. The number of rotatable bonds is 3. The predicted octanol–water partition coefficient (Wildman–Crippen LogP) is 4.78. The summed E-state index contributed by atoms with van der Waals surface area (Å²) >= 11 is 6.44. The maximum absolute atomic E-state index is 12.9. The molecular weight excluding hydrogens is 362 g/mol. The smallest absolute Gasteiger partial charge is 0.161 e. The van der Waals surface area contributed by atoms with Gasteiger partial charge in [0.1, 0.15) is 5.75 Å². The van der Waals surface area contributed by atoms with Crippen LogP contribution < -0.4 is 4.74 Å². The highest BCUT2D eigenvalue weighted by Gasteiger charge is 2.42. The molecule has 0 radical (unpaired) electrons. The first-order valence-corrected chi connectivity index (χ1v) is 10.1. The fourth-order valence-electron chi connectivity index (χ4n) is 4.66. The Morgan fingerprint density at radius 1 is 1.04 bits per heavy atom. The summed E-state index contributed by atoms with van der Waals surface area (Å²) in [4.78, 5) is 28.0. The number of hydrogen-bond acceptors (Lipinski definition) is 4. The molecule has 2 aliphatic carbocycles. The van der Waals surface area contributed by atoms with E-state index in [0.29, 0.717) is 30.2 Å². The second-order valence-electron chi connectivity index (χ2n) is 7.39. The number of benzene rings is 1. The van der Waals surface area contributed by atoms with Crippen molar-refractivity contribution < 1.29 is 14.3 Å². The van der Waals surface area contributed by atoms with Gasteiger partial charge in [0.25, 0.3) is 0 Å². The standard InChI is InChI=1S/C22H24ClNO3/c1-3-27-19-11-10-13(12-14(19)23)20-21-15(6-4-8-17(21)25)24(2)16-7-5-9-18(26)22(16)20/h10-12,20H,3-9H2,1-2H3. The predicted molar refractivity (Wildman–Crippen MR) is 105 cm³/mol. The van der Waals surface area contributed by atoms with E-state index in [1.54, 1.807) is 0 Å². The molecule has 142 valence electrons. The summed E-state index contributed by atoms with van der Waals surface area (Å²) in [6.07, 6.45) is 4.59. The van der Waals surface area contributed by atoms with Crippen molar-refractivity contribution in [2.45, 2.75) is 51.4 Å². The maximum atomic E-state index is 12.9. The molecule has 0 fully saturated rings. The lowest BCUT2D eigenvalue weighted by Gasteiger charge is -2.42. The van der Waals surface area contributed by atoms with E-state index < -0.39 is 0 Å². The van der Waals surface area contributed by atoms with E-state index in [4.69, 9.17) is 16.3 Å². The van der Waals surface area contributed by atoms with Crippen molar-refractivity contribution in [2.24, 2.45) is 0 Å². The second-order valence-corrected chi connectivity index (χ2v) is 7.80. The number of carbonyl (C=O) groups excluding carboxylic acids is 2. The van der Waals surface area contributed by atoms with Crippen LogP contribution in [0.1, 0.15) is 56.9 Å². The molecule has 0 unspecified atom stereocenters. The highest BCUT2D eigenvalue weighted by Crippen LogP contribution is 2.49. The highest BCUT2D eigenvalue weighted by molar-refractivity contribution is 6.32. The van der Waals surface area contributed by atoms with Crippen molar-refractivity contribution in [2.75, 3.05) is 13.7 Å². The molecule has 0 N–H and O–H groups in total. The molecule has 0 atom stereocenters. The third kappa shape index (κ3) is 3.00. The Balaban J connectivity index is 1.90. The molecule has 4 nitrogen and oxygen atoms in total. The van der Waals surface area contributed by atoms with Crippen LogP contribution in [0, 0.1) is 0 Å². The van der Waals surface area contributed by atoms with Crippen LogP contribution in [0.4, 0.5) is 0 Å². The molecule has 3 aliphatic rings. The summed E-state index contributed by atoms with van der Waals surface area (Å²) in [6, 6.07) is 5.66. The van der Waals surface area contributed by atoms with Gasteiger partial charge in [-0.1, -0.05) is 17.7 Å². The molecule has 1 aromatic rings. The van der Waals surface area contributed by atoms with Gasteiger partial charge in [0.2, 0.25) is 0 Å². The minimum Gasteiger partial charge on any atom is -0.492 e. The molecule has 1 heterocycles. The second kappa shape index (κ2) is 7.16. The van der Waals surface area contributed by atoms with Crippen LogP contribution in [0.15, 0.2) is 40.7 Å². The van der Waals surface area contributed by atoms with Crippen LogP contribution >= 0.6 is 11.6 Å². The molecular formula is C22H24ClNO3. The summed E-state index contributed by atoms with van der Waals surface area (Å²) in [5.41, 5.74) is 4.64. The van der Waals surface area contributed by atoms with E-state index in [1.807, 2.05) is 32.2 Å². The third-order valence-corrected chi connectivity index (χ3v) is 6.13.